The minimum absolute atomic E-state index is 0.00354. The normalized spacial score (nSPS) is 20.1. The molecule has 0 saturated carbocycles. The summed E-state index contributed by atoms with van der Waals surface area (Å²) in [6.45, 7) is 3.20. The second-order valence-electron chi connectivity index (χ2n) is 8.77. The third kappa shape index (κ3) is 4.44. The van der Waals surface area contributed by atoms with E-state index in [1.165, 1.54) is 5.56 Å². The summed E-state index contributed by atoms with van der Waals surface area (Å²) in [7, 11) is 4.88. The summed E-state index contributed by atoms with van der Waals surface area (Å²) >= 11 is 0. The topological polar surface area (TPSA) is 67.4 Å². The monoisotopic (exact) mass is 477 g/mol. The van der Waals surface area contributed by atoms with E-state index in [-0.39, 0.29) is 24.9 Å². The number of ether oxygens (including phenoxy) is 6. The predicted molar refractivity (Wildman–Crippen MR) is 132 cm³/mol. The highest BCUT2D eigenvalue weighted by Gasteiger charge is 2.38. The van der Waals surface area contributed by atoms with Crippen molar-refractivity contribution in [2.24, 2.45) is 5.92 Å². The fourth-order valence-corrected chi connectivity index (χ4v) is 4.98. The largest absolute Gasteiger partial charge is 0.493 e. The number of nitrogens with one attached hydrogen (secondary N) is 1. The first-order valence-corrected chi connectivity index (χ1v) is 11.8. The Hall–Kier alpha value is -3.58. The molecule has 2 heterocycles. The average Bonchev–Trinajstić information content (AvgIpc) is 3.35. The second-order valence-corrected chi connectivity index (χ2v) is 8.77. The van der Waals surface area contributed by atoms with E-state index >= 15 is 0 Å². The quantitative estimate of drug-likeness (QED) is 0.502. The van der Waals surface area contributed by atoms with Gasteiger partial charge in [0.25, 0.3) is 0 Å². The molecular formula is C28H31NO6. The highest BCUT2D eigenvalue weighted by molar-refractivity contribution is 5.60. The summed E-state index contributed by atoms with van der Waals surface area (Å²) in [5.41, 5.74) is 3.37. The molecule has 35 heavy (non-hydrogen) atoms. The molecule has 3 aromatic carbocycles. The Labute approximate surface area is 205 Å². The van der Waals surface area contributed by atoms with Gasteiger partial charge in [0, 0.05) is 30.0 Å². The van der Waals surface area contributed by atoms with Gasteiger partial charge < -0.3 is 28.4 Å². The van der Waals surface area contributed by atoms with Gasteiger partial charge in [-0.25, -0.2) is 0 Å². The van der Waals surface area contributed by atoms with Crippen molar-refractivity contribution in [3.8, 4) is 34.5 Å². The van der Waals surface area contributed by atoms with Gasteiger partial charge in [0.1, 0.15) is 5.75 Å². The molecule has 3 atom stereocenters. The van der Waals surface area contributed by atoms with Crippen LogP contribution in [-0.4, -0.2) is 40.9 Å². The molecule has 0 radical (unpaired) electrons. The second kappa shape index (κ2) is 9.96. The molecule has 0 amide bonds. The van der Waals surface area contributed by atoms with Crippen LogP contribution in [0.4, 0.5) is 0 Å². The Morgan fingerprint density at radius 3 is 2.20 bits per heavy atom. The van der Waals surface area contributed by atoms with E-state index < -0.39 is 0 Å². The van der Waals surface area contributed by atoms with Crippen molar-refractivity contribution >= 4 is 0 Å². The van der Waals surface area contributed by atoms with Gasteiger partial charge in [-0.1, -0.05) is 37.3 Å². The van der Waals surface area contributed by atoms with Gasteiger partial charge in [0.2, 0.25) is 12.5 Å². The maximum absolute atomic E-state index is 6.48. The van der Waals surface area contributed by atoms with E-state index in [9.17, 15) is 0 Å². The van der Waals surface area contributed by atoms with Gasteiger partial charge in [0.15, 0.2) is 29.2 Å². The lowest BCUT2D eigenvalue weighted by atomic mass is 9.78. The first kappa shape index (κ1) is 23.2. The fraction of sp³-hybridized carbons (Fsp3) is 0.357. The third-order valence-corrected chi connectivity index (χ3v) is 6.75. The van der Waals surface area contributed by atoms with Gasteiger partial charge in [-0.2, -0.15) is 0 Å². The lowest BCUT2D eigenvalue weighted by Gasteiger charge is -2.39. The molecule has 0 aromatic heterocycles. The van der Waals surface area contributed by atoms with E-state index in [1.54, 1.807) is 21.3 Å². The lowest BCUT2D eigenvalue weighted by Crippen LogP contribution is -2.46. The summed E-state index contributed by atoms with van der Waals surface area (Å²) in [6.07, 6.45) is 0.715. The predicted octanol–water partition coefficient (Wildman–Crippen LogP) is 4.76. The van der Waals surface area contributed by atoms with E-state index in [1.807, 2.05) is 30.3 Å². The Bertz CT molecular complexity index is 1160. The Balaban J connectivity index is 1.51. The molecule has 2 aliphatic heterocycles. The SMILES string of the molecule is COc1cc([C@H]2c3cc4c(cc3O[C@H](NCCc3ccccc3)[C@H]2C)OCO4)cc(OC)c1OC. The number of rotatable bonds is 8. The van der Waals surface area contributed by atoms with Crippen molar-refractivity contribution < 1.29 is 28.4 Å². The molecule has 0 bridgehead atoms. The Morgan fingerprint density at radius 1 is 0.857 bits per heavy atom. The van der Waals surface area contributed by atoms with Crippen molar-refractivity contribution in [3.63, 3.8) is 0 Å². The van der Waals surface area contributed by atoms with Crippen molar-refractivity contribution in [1.29, 1.82) is 0 Å². The molecular weight excluding hydrogens is 446 g/mol. The summed E-state index contributed by atoms with van der Waals surface area (Å²) in [5.74, 6) is 4.12. The first-order valence-electron chi connectivity index (χ1n) is 11.8. The molecule has 7 nitrogen and oxygen atoms in total. The molecule has 0 fully saturated rings. The molecule has 7 heteroatoms. The molecule has 1 N–H and O–H groups in total. The van der Waals surface area contributed by atoms with Crippen molar-refractivity contribution in [1.82, 2.24) is 5.32 Å². The molecule has 0 aliphatic carbocycles. The number of methoxy groups -OCH3 is 3. The number of benzene rings is 3. The molecule has 2 aliphatic rings. The zero-order chi connectivity index (χ0) is 24.4. The van der Waals surface area contributed by atoms with Crippen molar-refractivity contribution in [2.45, 2.75) is 25.5 Å². The van der Waals surface area contributed by atoms with E-state index in [2.05, 4.69) is 36.5 Å². The summed E-state index contributed by atoms with van der Waals surface area (Å²) < 4.78 is 34.7. The van der Waals surface area contributed by atoms with Crippen LogP contribution in [0, 0.1) is 5.92 Å². The van der Waals surface area contributed by atoms with Crippen LogP contribution in [0.25, 0.3) is 0 Å². The summed E-state index contributed by atoms with van der Waals surface area (Å²) in [5, 5.41) is 3.63. The van der Waals surface area contributed by atoms with Crippen molar-refractivity contribution in [3.05, 3.63) is 71.3 Å². The van der Waals surface area contributed by atoms with Crippen LogP contribution < -0.4 is 33.7 Å². The minimum Gasteiger partial charge on any atom is -0.493 e. The highest BCUT2D eigenvalue weighted by atomic mass is 16.7. The van der Waals surface area contributed by atoms with Crippen LogP contribution in [0.5, 0.6) is 34.5 Å². The summed E-state index contributed by atoms with van der Waals surface area (Å²) in [4.78, 5) is 0. The minimum atomic E-state index is -0.198. The number of fused-ring (bicyclic) bond motifs is 2. The molecule has 3 aromatic rings. The van der Waals surface area contributed by atoms with Gasteiger partial charge in [0.05, 0.1) is 21.3 Å². The molecule has 0 spiro atoms. The number of hydrogen-bond acceptors (Lipinski definition) is 7. The lowest BCUT2D eigenvalue weighted by molar-refractivity contribution is 0.0797. The van der Waals surface area contributed by atoms with Crippen molar-refractivity contribution in [2.75, 3.05) is 34.7 Å². The van der Waals surface area contributed by atoms with Gasteiger partial charge >= 0.3 is 0 Å². The van der Waals surface area contributed by atoms with Crippen LogP contribution in [0.3, 0.4) is 0 Å². The summed E-state index contributed by atoms with van der Waals surface area (Å²) in [6, 6.07) is 18.4. The molecule has 5 rings (SSSR count). The van der Waals surface area contributed by atoms with Gasteiger partial charge in [-0.15, -0.1) is 0 Å². The fourth-order valence-electron chi connectivity index (χ4n) is 4.98. The standard InChI is InChI=1S/C28H31NO6/c1-17-26(19-12-24(30-2)27(32-4)25(13-19)31-3)20-14-22-23(34-16-33-22)15-21(20)35-28(17)29-11-10-18-8-6-5-7-9-18/h5-9,12-15,17,26,28-29H,10-11,16H2,1-4H3/t17-,26-,28-/m0/s1. The van der Waals surface area contributed by atoms with Crippen LogP contribution in [0.15, 0.2) is 54.6 Å². The van der Waals surface area contributed by atoms with E-state index in [0.29, 0.717) is 23.0 Å². The first-order chi connectivity index (χ1) is 17.1. The zero-order valence-corrected chi connectivity index (χ0v) is 20.5. The van der Waals surface area contributed by atoms with Gasteiger partial charge in [-0.3, -0.25) is 5.32 Å². The van der Waals surface area contributed by atoms with Crippen LogP contribution in [0.1, 0.15) is 29.5 Å². The van der Waals surface area contributed by atoms with Crippen LogP contribution in [-0.2, 0) is 6.42 Å². The Kier molecular flexibility index (Phi) is 6.59. The maximum Gasteiger partial charge on any atom is 0.231 e. The zero-order valence-electron chi connectivity index (χ0n) is 20.5. The molecule has 0 saturated heterocycles. The number of hydrogen-bond donors (Lipinski definition) is 1. The van der Waals surface area contributed by atoms with E-state index in [4.69, 9.17) is 28.4 Å². The average molecular weight is 478 g/mol. The van der Waals surface area contributed by atoms with Gasteiger partial charge in [-0.05, 0) is 35.7 Å². The Morgan fingerprint density at radius 2 is 1.54 bits per heavy atom. The van der Waals surface area contributed by atoms with E-state index in [0.717, 1.165) is 35.6 Å². The maximum atomic E-state index is 6.48. The third-order valence-electron chi connectivity index (χ3n) is 6.75. The highest BCUT2D eigenvalue weighted by Crippen LogP contribution is 2.51. The molecule has 0 unspecified atom stereocenters. The van der Waals surface area contributed by atoms with Crippen LogP contribution in [0.2, 0.25) is 0 Å². The smallest absolute Gasteiger partial charge is 0.231 e. The van der Waals surface area contributed by atoms with Crippen LogP contribution >= 0.6 is 0 Å². The molecule has 184 valence electrons.